The Morgan fingerprint density at radius 1 is 1.39 bits per heavy atom. The fourth-order valence-electron chi connectivity index (χ4n) is 1.69. The Morgan fingerprint density at radius 2 is 2.17 bits per heavy atom. The fraction of sp³-hybridized carbons (Fsp3) is 0.308. The summed E-state index contributed by atoms with van der Waals surface area (Å²) < 4.78 is 6.59. The molecule has 2 rings (SSSR count). The zero-order valence-electron chi connectivity index (χ0n) is 10.7. The monoisotopic (exact) mass is 245 g/mol. The largest absolute Gasteiger partial charge is 0.461 e. The highest BCUT2D eigenvalue weighted by Crippen LogP contribution is 2.17. The second kappa shape index (κ2) is 5.00. The van der Waals surface area contributed by atoms with Crippen LogP contribution in [0.1, 0.15) is 28.7 Å². The molecule has 0 spiro atoms. The molecule has 0 unspecified atom stereocenters. The van der Waals surface area contributed by atoms with Crippen LogP contribution in [0.4, 0.5) is 0 Å². The van der Waals surface area contributed by atoms with Crippen LogP contribution in [0.2, 0.25) is 0 Å². The Labute approximate surface area is 105 Å². The first-order valence-corrected chi connectivity index (χ1v) is 5.80. The number of esters is 1. The van der Waals surface area contributed by atoms with E-state index >= 15 is 0 Å². The van der Waals surface area contributed by atoms with E-state index in [1.807, 2.05) is 26.0 Å². The normalized spacial score (nSPS) is 10.4. The molecule has 0 N–H and O–H groups in total. The molecule has 0 saturated carbocycles. The van der Waals surface area contributed by atoms with Crippen LogP contribution in [0.3, 0.4) is 0 Å². The molecule has 0 atom stereocenters. The number of rotatable bonds is 3. The lowest BCUT2D eigenvalue weighted by Gasteiger charge is -2.06. The van der Waals surface area contributed by atoms with Gasteiger partial charge in [0.2, 0.25) is 0 Å². The van der Waals surface area contributed by atoms with Gasteiger partial charge in [-0.15, -0.1) is 0 Å². The van der Waals surface area contributed by atoms with Gasteiger partial charge in [-0.1, -0.05) is 6.07 Å². The van der Waals surface area contributed by atoms with Crippen LogP contribution >= 0.6 is 0 Å². The lowest BCUT2D eigenvalue weighted by atomic mass is 10.2. The van der Waals surface area contributed by atoms with Gasteiger partial charge >= 0.3 is 5.97 Å². The predicted octanol–water partition coefficient (Wildman–Crippen LogP) is 2.06. The Balaban J connectivity index is 2.55. The molecule has 0 amide bonds. The molecular weight excluding hydrogens is 230 g/mol. The van der Waals surface area contributed by atoms with Crippen molar-refractivity contribution in [2.45, 2.75) is 20.8 Å². The standard InChI is InChI=1S/C13H15N3O2/c1-4-18-13(17)12-9(2)10(3)15-16(12)11-7-5-6-8-14-11/h5-8H,4H2,1-3H3. The molecule has 0 aliphatic carbocycles. The number of nitrogens with zero attached hydrogens (tertiary/aromatic N) is 3. The van der Waals surface area contributed by atoms with Gasteiger partial charge in [0.25, 0.3) is 0 Å². The molecule has 0 fully saturated rings. The number of carbonyl (C=O) groups excluding carboxylic acids is 1. The molecule has 94 valence electrons. The molecule has 0 bridgehead atoms. The Bertz CT molecular complexity index is 561. The third-order valence-corrected chi connectivity index (χ3v) is 2.69. The van der Waals surface area contributed by atoms with Gasteiger partial charge in [-0.3, -0.25) is 0 Å². The highest BCUT2D eigenvalue weighted by Gasteiger charge is 2.21. The van der Waals surface area contributed by atoms with Crippen LogP contribution in [0.15, 0.2) is 24.4 Å². The van der Waals surface area contributed by atoms with Crippen LogP contribution < -0.4 is 0 Å². The van der Waals surface area contributed by atoms with Crippen LogP contribution in [0, 0.1) is 13.8 Å². The van der Waals surface area contributed by atoms with E-state index in [-0.39, 0.29) is 5.97 Å². The predicted molar refractivity (Wildman–Crippen MR) is 66.8 cm³/mol. The topological polar surface area (TPSA) is 57.0 Å². The van der Waals surface area contributed by atoms with Gasteiger partial charge in [0.15, 0.2) is 11.5 Å². The molecule has 0 aliphatic heterocycles. The SMILES string of the molecule is CCOC(=O)c1c(C)c(C)nn1-c1ccccn1. The van der Waals surface area contributed by atoms with E-state index in [0.29, 0.717) is 18.1 Å². The van der Waals surface area contributed by atoms with Gasteiger partial charge in [0.1, 0.15) is 0 Å². The number of pyridine rings is 1. The zero-order valence-corrected chi connectivity index (χ0v) is 10.7. The van der Waals surface area contributed by atoms with E-state index in [9.17, 15) is 4.79 Å². The van der Waals surface area contributed by atoms with E-state index in [2.05, 4.69) is 10.1 Å². The van der Waals surface area contributed by atoms with Crippen molar-refractivity contribution < 1.29 is 9.53 Å². The van der Waals surface area contributed by atoms with Crippen LogP contribution in [-0.2, 0) is 4.74 Å². The highest BCUT2D eigenvalue weighted by atomic mass is 16.5. The lowest BCUT2D eigenvalue weighted by molar-refractivity contribution is 0.0514. The number of hydrogen-bond acceptors (Lipinski definition) is 4. The van der Waals surface area contributed by atoms with Crippen molar-refractivity contribution in [2.24, 2.45) is 0 Å². The summed E-state index contributed by atoms with van der Waals surface area (Å²) in [7, 11) is 0. The van der Waals surface area contributed by atoms with Crippen LogP contribution in [0.25, 0.3) is 5.82 Å². The summed E-state index contributed by atoms with van der Waals surface area (Å²) in [5.41, 5.74) is 2.05. The third kappa shape index (κ3) is 2.11. The minimum atomic E-state index is -0.374. The Hall–Kier alpha value is -2.17. The van der Waals surface area contributed by atoms with Crippen LogP contribution in [-0.4, -0.2) is 27.3 Å². The van der Waals surface area contributed by atoms with E-state index < -0.39 is 0 Å². The molecule has 0 saturated heterocycles. The van der Waals surface area contributed by atoms with E-state index in [4.69, 9.17) is 4.74 Å². The summed E-state index contributed by atoms with van der Waals surface area (Å²) in [4.78, 5) is 16.2. The third-order valence-electron chi connectivity index (χ3n) is 2.69. The minimum Gasteiger partial charge on any atom is -0.461 e. The lowest BCUT2D eigenvalue weighted by Crippen LogP contribution is -2.13. The molecule has 2 aromatic rings. The van der Waals surface area contributed by atoms with Crippen molar-refractivity contribution in [2.75, 3.05) is 6.61 Å². The van der Waals surface area contributed by atoms with Crippen molar-refractivity contribution in [3.8, 4) is 5.82 Å². The molecule has 5 heteroatoms. The average molecular weight is 245 g/mol. The molecular formula is C13H15N3O2. The van der Waals surface area contributed by atoms with Crippen molar-refractivity contribution in [1.82, 2.24) is 14.8 Å². The number of hydrogen-bond donors (Lipinski definition) is 0. The first kappa shape index (κ1) is 12.3. The van der Waals surface area contributed by atoms with E-state index in [0.717, 1.165) is 11.3 Å². The number of ether oxygens (including phenoxy) is 1. The first-order chi connectivity index (χ1) is 8.65. The summed E-state index contributed by atoms with van der Waals surface area (Å²) in [5.74, 6) is 0.234. The second-order valence-electron chi connectivity index (χ2n) is 3.88. The second-order valence-corrected chi connectivity index (χ2v) is 3.88. The zero-order chi connectivity index (χ0) is 13.1. The van der Waals surface area contributed by atoms with Crippen LogP contribution in [0.5, 0.6) is 0 Å². The number of aromatic nitrogens is 3. The summed E-state index contributed by atoms with van der Waals surface area (Å²) in [6, 6.07) is 5.47. The Kier molecular flexibility index (Phi) is 3.41. The molecule has 2 aromatic heterocycles. The maximum Gasteiger partial charge on any atom is 0.357 e. The minimum absolute atomic E-state index is 0.338. The summed E-state index contributed by atoms with van der Waals surface area (Å²) >= 11 is 0. The molecule has 0 aliphatic rings. The first-order valence-electron chi connectivity index (χ1n) is 5.80. The summed E-state index contributed by atoms with van der Waals surface area (Å²) in [6.07, 6.45) is 1.66. The number of aryl methyl sites for hydroxylation is 1. The van der Waals surface area contributed by atoms with Crippen molar-refractivity contribution in [3.05, 3.63) is 41.3 Å². The average Bonchev–Trinajstić information content (AvgIpc) is 2.67. The molecule has 5 nitrogen and oxygen atoms in total. The summed E-state index contributed by atoms with van der Waals surface area (Å²) in [5, 5.41) is 4.34. The maximum absolute atomic E-state index is 12.0. The highest BCUT2D eigenvalue weighted by molar-refractivity contribution is 5.90. The quantitative estimate of drug-likeness (QED) is 0.777. The maximum atomic E-state index is 12.0. The van der Waals surface area contributed by atoms with E-state index in [1.54, 1.807) is 19.2 Å². The van der Waals surface area contributed by atoms with Gasteiger partial charge in [-0.2, -0.15) is 5.10 Å². The van der Waals surface area contributed by atoms with Gasteiger partial charge < -0.3 is 4.74 Å². The van der Waals surface area contributed by atoms with E-state index in [1.165, 1.54) is 4.68 Å². The van der Waals surface area contributed by atoms with Crippen molar-refractivity contribution in [1.29, 1.82) is 0 Å². The van der Waals surface area contributed by atoms with Gasteiger partial charge in [0.05, 0.1) is 12.3 Å². The van der Waals surface area contributed by atoms with Gasteiger partial charge in [-0.05, 0) is 32.9 Å². The fourth-order valence-corrected chi connectivity index (χ4v) is 1.69. The molecule has 2 heterocycles. The van der Waals surface area contributed by atoms with Crippen molar-refractivity contribution in [3.63, 3.8) is 0 Å². The smallest absolute Gasteiger partial charge is 0.357 e. The molecule has 0 radical (unpaired) electrons. The summed E-state index contributed by atoms with van der Waals surface area (Å²) in [6.45, 7) is 5.83. The Morgan fingerprint density at radius 3 is 2.78 bits per heavy atom. The van der Waals surface area contributed by atoms with Crippen molar-refractivity contribution >= 4 is 5.97 Å². The van der Waals surface area contributed by atoms with Gasteiger partial charge in [-0.25, -0.2) is 14.5 Å². The number of carbonyl (C=O) groups is 1. The van der Waals surface area contributed by atoms with Gasteiger partial charge in [0, 0.05) is 11.8 Å². The molecule has 0 aromatic carbocycles. The molecule has 18 heavy (non-hydrogen) atoms.